The molecule has 20 heavy (non-hydrogen) atoms. The summed E-state index contributed by atoms with van der Waals surface area (Å²) >= 11 is 1.80. The van der Waals surface area contributed by atoms with E-state index in [1.807, 2.05) is 0 Å². The number of nitrogens with one attached hydrogen (secondary N) is 1. The SMILES string of the molecule is Cc1ccc(C2NCC(=O)N2CCC2CCCCC2)s1. The van der Waals surface area contributed by atoms with E-state index in [1.165, 1.54) is 48.3 Å². The van der Waals surface area contributed by atoms with Gasteiger partial charge in [0, 0.05) is 16.3 Å². The van der Waals surface area contributed by atoms with Gasteiger partial charge in [0.15, 0.2) is 0 Å². The molecule has 1 aromatic rings. The summed E-state index contributed by atoms with van der Waals surface area (Å²) in [5, 5.41) is 3.36. The molecule has 0 radical (unpaired) electrons. The lowest BCUT2D eigenvalue weighted by Crippen LogP contribution is -2.32. The maximum absolute atomic E-state index is 12.1. The fraction of sp³-hybridized carbons (Fsp3) is 0.688. The van der Waals surface area contributed by atoms with Gasteiger partial charge in [0.1, 0.15) is 6.17 Å². The molecular formula is C16H24N2OS. The van der Waals surface area contributed by atoms with Crippen molar-refractivity contribution in [2.24, 2.45) is 5.92 Å². The van der Waals surface area contributed by atoms with Gasteiger partial charge in [-0.3, -0.25) is 10.1 Å². The molecule has 1 aliphatic carbocycles. The van der Waals surface area contributed by atoms with Gasteiger partial charge >= 0.3 is 0 Å². The molecular weight excluding hydrogens is 268 g/mol. The van der Waals surface area contributed by atoms with Crippen LogP contribution in [0.2, 0.25) is 0 Å². The first-order valence-electron chi connectivity index (χ1n) is 7.83. The fourth-order valence-corrected chi connectivity index (χ4v) is 4.41. The standard InChI is InChI=1S/C16H24N2OS/c1-12-7-8-14(20-12)16-17-11-15(19)18(16)10-9-13-5-3-2-4-6-13/h7-8,13,16-17H,2-6,9-11H2,1H3. The van der Waals surface area contributed by atoms with E-state index >= 15 is 0 Å². The van der Waals surface area contributed by atoms with Crippen LogP contribution in [0.15, 0.2) is 12.1 Å². The zero-order valence-corrected chi connectivity index (χ0v) is 13.0. The summed E-state index contributed by atoms with van der Waals surface area (Å²) < 4.78 is 0. The highest BCUT2D eigenvalue weighted by Crippen LogP contribution is 2.31. The van der Waals surface area contributed by atoms with Crippen LogP contribution in [0.4, 0.5) is 0 Å². The molecule has 1 saturated carbocycles. The lowest BCUT2D eigenvalue weighted by Gasteiger charge is -2.27. The van der Waals surface area contributed by atoms with Crippen molar-refractivity contribution in [1.29, 1.82) is 0 Å². The molecule has 4 heteroatoms. The van der Waals surface area contributed by atoms with Crippen LogP contribution in [-0.2, 0) is 4.79 Å². The number of aryl methyl sites for hydroxylation is 1. The van der Waals surface area contributed by atoms with E-state index in [4.69, 9.17) is 0 Å². The summed E-state index contributed by atoms with van der Waals surface area (Å²) in [4.78, 5) is 16.7. The first kappa shape index (κ1) is 14.1. The van der Waals surface area contributed by atoms with Crippen molar-refractivity contribution in [3.8, 4) is 0 Å². The van der Waals surface area contributed by atoms with Gasteiger partial charge in [-0.1, -0.05) is 32.1 Å². The molecule has 2 heterocycles. The van der Waals surface area contributed by atoms with E-state index < -0.39 is 0 Å². The van der Waals surface area contributed by atoms with Crippen LogP contribution < -0.4 is 5.32 Å². The average molecular weight is 292 g/mol. The first-order chi connectivity index (χ1) is 9.74. The second-order valence-electron chi connectivity index (χ2n) is 6.11. The molecule has 1 unspecified atom stereocenters. The van der Waals surface area contributed by atoms with E-state index in [-0.39, 0.29) is 12.1 Å². The Morgan fingerprint density at radius 1 is 1.30 bits per heavy atom. The minimum atomic E-state index is 0.116. The summed E-state index contributed by atoms with van der Waals surface area (Å²) in [7, 11) is 0. The first-order valence-corrected chi connectivity index (χ1v) is 8.65. The molecule has 3 nitrogen and oxygen atoms in total. The van der Waals surface area contributed by atoms with E-state index in [9.17, 15) is 4.79 Å². The summed E-state index contributed by atoms with van der Waals surface area (Å²) in [6.07, 6.45) is 8.17. The highest BCUT2D eigenvalue weighted by molar-refractivity contribution is 7.12. The predicted molar refractivity (Wildman–Crippen MR) is 82.7 cm³/mol. The Morgan fingerprint density at radius 2 is 2.10 bits per heavy atom. The Bertz CT molecular complexity index is 465. The number of nitrogens with zero attached hydrogens (tertiary/aromatic N) is 1. The predicted octanol–water partition coefficient (Wildman–Crippen LogP) is 3.46. The van der Waals surface area contributed by atoms with Crippen molar-refractivity contribution >= 4 is 17.2 Å². The molecule has 3 rings (SSSR count). The van der Waals surface area contributed by atoms with E-state index in [2.05, 4.69) is 29.3 Å². The third-order valence-electron chi connectivity index (χ3n) is 4.61. The number of hydrogen-bond donors (Lipinski definition) is 1. The van der Waals surface area contributed by atoms with E-state index in [0.29, 0.717) is 6.54 Å². The Balaban J connectivity index is 1.61. The van der Waals surface area contributed by atoms with Crippen LogP contribution in [0.25, 0.3) is 0 Å². The van der Waals surface area contributed by atoms with Crippen molar-refractivity contribution in [3.63, 3.8) is 0 Å². The molecule has 1 saturated heterocycles. The third-order valence-corrected chi connectivity index (χ3v) is 5.67. The highest BCUT2D eigenvalue weighted by Gasteiger charge is 2.32. The smallest absolute Gasteiger partial charge is 0.238 e. The monoisotopic (exact) mass is 292 g/mol. The zero-order chi connectivity index (χ0) is 13.9. The average Bonchev–Trinajstić information content (AvgIpc) is 3.04. The minimum Gasteiger partial charge on any atom is -0.321 e. The van der Waals surface area contributed by atoms with E-state index in [1.54, 1.807) is 11.3 Å². The molecule has 1 aromatic heterocycles. The fourth-order valence-electron chi connectivity index (χ4n) is 3.45. The Kier molecular flexibility index (Phi) is 4.41. The van der Waals surface area contributed by atoms with Gasteiger partial charge in [-0.2, -0.15) is 0 Å². The Hall–Kier alpha value is -0.870. The van der Waals surface area contributed by atoms with Gasteiger partial charge in [-0.15, -0.1) is 11.3 Å². The van der Waals surface area contributed by atoms with Crippen molar-refractivity contribution < 1.29 is 4.79 Å². The number of hydrogen-bond acceptors (Lipinski definition) is 3. The molecule has 0 spiro atoms. The molecule has 2 aliphatic rings. The molecule has 0 aromatic carbocycles. The number of rotatable bonds is 4. The van der Waals surface area contributed by atoms with Crippen molar-refractivity contribution in [2.75, 3.05) is 13.1 Å². The highest BCUT2D eigenvalue weighted by atomic mass is 32.1. The third kappa shape index (κ3) is 3.07. The van der Waals surface area contributed by atoms with Crippen LogP contribution in [0.1, 0.15) is 54.4 Å². The van der Waals surface area contributed by atoms with Gasteiger partial charge in [0.25, 0.3) is 0 Å². The number of carbonyl (C=O) groups is 1. The summed E-state index contributed by atoms with van der Waals surface area (Å²) in [6, 6.07) is 4.30. The largest absolute Gasteiger partial charge is 0.321 e. The molecule has 1 amide bonds. The van der Waals surface area contributed by atoms with Gasteiger partial charge in [-0.05, 0) is 31.4 Å². The lowest BCUT2D eigenvalue weighted by molar-refractivity contribution is -0.128. The maximum atomic E-state index is 12.1. The van der Waals surface area contributed by atoms with E-state index in [0.717, 1.165) is 12.5 Å². The van der Waals surface area contributed by atoms with Crippen molar-refractivity contribution in [1.82, 2.24) is 10.2 Å². The quantitative estimate of drug-likeness (QED) is 0.921. The number of carbonyl (C=O) groups excluding carboxylic acids is 1. The maximum Gasteiger partial charge on any atom is 0.238 e. The topological polar surface area (TPSA) is 32.3 Å². The summed E-state index contributed by atoms with van der Waals surface area (Å²) in [5.74, 6) is 1.10. The zero-order valence-electron chi connectivity index (χ0n) is 12.2. The van der Waals surface area contributed by atoms with Crippen LogP contribution in [0.3, 0.4) is 0 Å². The van der Waals surface area contributed by atoms with Crippen LogP contribution in [-0.4, -0.2) is 23.9 Å². The molecule has 1 atom stereocenters. The second kappa shape index (κ2) is 6.27. The number of thiophene rings is 1. The molecule has 110 valence electrons. The van der Waals surface area contributed by atoms with Gasteiger partial charge < -0.3 is 4.90 Å². The molecule has 2 fully saturated rings. The van der Waals surface area contributed by atoms with Crippen molar-refractivity contribution in [3.05, 3.63) is 21.9 Å². The minimum absolute atomic E-state index is 0.116. The van der Waals surface area contributed by atoms with Gasteiger partial charge in [0.05, 0.1) is 6.54 Å². The number of amides is 1. The normalized spacial score (nSPS) is 24.6. The summed E-state index contributed by atoms with van der Waals surface area (Å²) in [5.41, 5.74) is 0. The second-order valence-corrected chi connectivity index (χ2v) is 7.43. The molecule has 0 bridgehead atoms. The van der Waals surface area contributed by atoms with Crippen molar-refractivity contribution in [2.45, 2.75) is 51.6 Å². The molecule has 1 N–H and O–H groups in total. The van der Waals surface area contributed by atoms with Crippen LogP contribution in [0.5, 0.6) is 0 Å². The Morgan fingerprint density at radius 3 is 2.80 bits per heavy atom. The molecule has 1 aliphatic heterocycles. The van der Waals surface area contributed by atoms with Gasteiger partial charge in [0.2, 0.25) is 5.91 Å². The van der Waals surface area contributed by atoms with Gasteiger partial charge in [-0.25, -0.2) is 0 Å². The van der Waals surface area contributed by atoms with Crippen LogP contribution in [0, 0.1) is 12.8 Å². The Labute approximate surface area is 125 Å². The summed E-state index contributed by atoms with van der Waals surface area (Å²) in [6.45, 7) is 3.53. The lowest BCUT2D eigenvalue weighted by atomic mass is 9.87. The van der Waals surface area contributed by atoms with Crippen LogP contribution >= 0.6 is 11.3 Å².